The highest BCUT2D eigenvalue weighted by Gasteiger charge is 2.69. The van der Waals surface area contributed by atoms with Crippen LogP contribution in [-0.2, 0) is 15.0 Å². The van der Waals surface area contributed by atoms with Crippen LogP contribution in [0.4, 0.5) is 13.6 Å². The number of hydrogen-bond acceptors (Lipinski definition) is 6. The normalized spacial score (nSPS) is 25.4. The number of halogens is 3. The van der Waals surface area contributed by atoms with Crippen LogP contribution >= 0.6 is 27.7 Å². The maximum atomic E-state index is 15.1. The number of rotatable bonds is 8. The van der Waals surface area contributed by atoms with Gasteiger partial charge < -0.3 is 9.47 Å². The average Bonchev–Trinajstić information content (AvgIpc) is 3.47. The van der Waals surface area contributed by atoms with Gasteiger partial charge in [-0.05, 0) is 51.4 Å². The summed E-state index contributed by atoms with van der Waals surface area (Å²) in [7, 11) is -1.37. The van der Waals surface area contributed by atoms with Crippen molar-refractivity contribution >= 4 is 47.0 Å². The third kappa shape index (κ3) is 6.50. The molecule has 1 fully saturated rings. The molecule has 1 aliphatic carbocycles. The second-order valence-corrected chi connectivity index (χ2v) is 19.5. The van der Waals surface area contributed by atoms with Crippen LogP contribution in [0, 0.1) is 23.1 Å². The molecular weight excluding hydrogens is 568 g/mol. The maximum absolute atomic E-state index is 15.1. The van der Waals surface area contributed by atoms with Crippen molar-refractivity contribution < 1.29 is 23.0 Å². The second-order valence-electron chi connectivity index (χ2n) is 11.6. The highest BCUT2D eigenvalue weighted by atomic mass is 79.9. The van der Waals surface area contributed by atoms with Crippen LogP contribution in [0.15, 0.2) is 27.7 Å². The number of hydrogen-bond donors (Lipinski definition) is 0. The van der Waals surface area contributed by atoms with Gasteiger partial charge in [0.05, 0.1) is 12.5 Å². The van der Waals surface area contributed by atoms with Crippen molar-refractivity contribution in [3.63, 3.8) is 0 Å². The first-order valence-electron chi connectivity index (χ1n) is 11.9. The van der Waals surface area contributed by atoms with Gasteiger partial charge in [-0.1, -0.05) is 47.3 Å². The molecule has 2 aliphatic rings. The number of fused-ring (bicyclic) bond motifs is 1. The Kier molecular flexibility index (Phi) is 8.65. The fourth-order valence-electron chi connectivity index (χ4n) is 4.25. The zero-order chi connectivity index (χ0) is 26.9. The Bertz CT molecular complexity index is 1070. The SMILES string of the molecule is CC(C)(C)OC(=O)N(COCC[Si](C)(C)C)C1=N[C@](CF)(c2cc(Br)ccc2F)[C@@H]2C[C@]2(CC#N)S1. The Balaban J connectivity index is 2.06. The molecule has 1 aromatic carbocycles. The van der Waals surface area contributed by atoms with Crippen molar-refractivity contribution in [1.29, 1.82) is 5.26 Å². The Labute approximate surface area is 225 Å². The van der Waals surface area contributed by atoms with Crippen LogP contribution in [0.25, 0.3) is 0 Å². The highest BCUT2D eigenvalue weighted by Crippen LogP contribution is 2.68. The summed E-state index contributed by atoms with van der Waals surface area (Å²) in [6.07, 6.45) is -0.0835. The van der Waals surface area contributed by atoms with Crippen molar-refractivity contribution in [3.05, 3.63) is 34.1 Å². The van der Waals surface area contributed by atoms with Gasteiger partial charge in [0.1, 0.15) is 30.4 Å². The molecule has 3 atom stereocenters. The molecule has 1 amide bonds. The summed E-state index contributed by atoms with van der Waals surface area (Å²) >= 11 is 4.62. The lowest BCUT2D eigenvalue weighted by Gasteiger charge is -2.38. The van der Waals surface area contributed by atoms with Crippen molar-refractivity contribution in [2.24, 2.45) is 10.9 Å². The van der Waals surface area contributed by atoms with Gasteiger partial charge in [0, 0.05) is 35.4 Å². The topological polar surface area (TPSA) is 74.9 Å². The molecule has 3 rings (SSSR count). The lowest BCUT2D eigenvalue weighted by atomic mass is 9.84. The van der Waals surface area contributed by atoms with E-state index in [0.717, 1.165) is 6.04 Å². The minimum atomic E-state index is -1.57. The molecule has 0 saturated heterocycles. The van der Waals surface area contributed by atoms with Gasteiger partial charge in [-0.2, -0.15) is 5.26 Å². The first-order chi connectivity index (χ1) is 16.7. The molecule has 1 aromatic rings. The van der Waals surface area contributed by atoms with Gasteiger partial charge in [0.15, 0.2) is 5.17 Å². The summed E-state index contributed by atoms with van der Waals surface area (Å²) in [5.41, 5.74) is -2.25. The maximum Gasteiger partial charge on any atom is 0.418 e. The third-order valence-corrected chi connectivity index (χ3v) is 9.92. The lowest BCUT2D eigenvalue weighted by Crippen LogP contribution is -2.47. The largest absolute Gasteiger partial charge is 0.443 e. The summed E-state index contributed by atoms with van der Waals surface area (Å²) in [5.74, 6) is -0.973. The number of alkyl halides is 1. The summed E-state index contributed by atoms with van der Waals surface area (Å²) in [4.78, 5) is 19.3. The summed E-state index contributed by atoms with van der Waals surface area (Å²) in [6, 6.07) is 7.43. The fraction of sp³-hybridized carbons (Fsp3) is 0.640. The Morgan fingerprint density at radius 1 is 1.39 bits per heavy atom. The quantitative estimate of drug-likeness (QED) is 0.181. The molecule has 0 unspecified atom stereocenters. The Morgan fingerprint density at radius 3 is 2.67 bits per heavy atom. The second kappa shape index (κ2) is 10.7. The van der Waals surface area contributed by atoms with Gasteiger partial charge >= 0.3 is 6.09 Å². The molecule has 0 radical (unpaired) electrons. The van der Waals surface area contributed by atoms with E-state index in [0.29, 0.717) is 17.5 Å². The van der Waals surface area contributed by atoms with E-state index in [2.05, 4.69) is 41.6 Å². The zero-order valence-corrected chi connectivity index (χ0v) is 25.1. The number of carbonyl (C=O) groups is 1. The number of ether oxygens (including phenoxy) is 2. The first-order valence-corrected chi connectivity index (χ1v) is 17.2. The third-order valence-electron chi connectivity index (χ3n) is 6.23. The van der Waals surface area contributed by atoms with E-state index >= 15 is 8.78 Å². The summed E-state index contributed by atoms with van der Waals surface area (Å²) in [5, 5.41) is 9.73. The minimum Gasteiger partial charge on any atom is -0.443 e. The van der Waals surface area contributed by atoms with Crippen molar-refractivity contribution in [1.82, 2.24) is 4.90 Å². The molecule has 198 valence electrons. The Hall–Kier alpha value is -1.48. The number of aliphatic imine (C=N–C) groups is 1. The average molecular weight is 603 g/mol. The molecule has 0 aromatic heterocycles. The first kappa shape index (κ1) is 29.1. The van der Waals surface area contributed by atoms with Crippen LogP contribution in [0.3, 0.4) is 0 Å². The number of nitrogens with zero attached hydrogens (tertiary/aromatic N) is 3. The van der Waals surface area contributed by atoms with E-state index < -0.39 is 42.5 Å². The molecule has 1 aliphatic heterocycles. The fourth-order valence-corrected chi connectivity index (χ4v) is 6.90. The monoisotopic (exact) mass is 601 g/mol. The number of thioether (sulfide) groups is 1. The number of amides is 1. The molecular formula is C25H34BrF2N3O3SSi. The number of nitriles is 1. The van der Waals surface area contributed by atoms with Gasteiger partial charge in [0.25, 0.3) is 0 Å². The molecule has 0 spiro atoms. The van der Waals surface area contributed by atoms with E-state index in [1.54, 1.807) is 26.8 Å². The van der Waals surface area contributed by atoms with E-state index in [1.165, 1.54) is 28.8 Å². The molecule has 1 heterocycles. The van der Waals surface area contributed by atoms with E-state index in [4.69, 9.17) is 14.5 Å². The molecule has 1 saturated carbocycles. The molecule has 36 heavy (non-hydrogen) atoms. The van der Waals surface area contributed by atoms with E-state index in [-0.39, 0.29) is 29.8 Å². The highest BCUT2D eigenvalue weighted by molar-refractivity contribution is 9.10. The zero-order valence-electron chi connectivity index (χ0n) is 21.7. The summed E-state index contributed by atoms with van der Waals surface area (Å²) < 4.78 is 41.5. The number of benzene rings is 1. The summed E-state index contributed by atoms with van der Waals surface area (Å²) in [6.45, 7) is 11.3. The standard InChI is InChI=1S/C25H34BrF2N3O3SSi/c1-23(2,3)34-22(32)31(16-33-11-12-36(4,5)6)21-30-25(15-27,18-13-17(26)7-8-19(18)28)20-14-24(20,35-21)9-10-29/h7-8,13,20H,9,11-12,14-16H2,1-6H3/t20-,24+,25-/m1/s1. The van der Waals surface area contributed by atoms with Crippen molar-refractivity contribution in [2.45, 2.75) is 75.2 Å². The molecule has 6 nitrogen and oxygen atoms in total. The van der Waals surface area contributed by atoms with Crippen LogP contribution < -0.4 is 0 Å². The predicted molar refractivity (Wildman–Crippen MR) is 145 cm³/mol. The number of carbonyl (C=O) groups excluding carboxylic acids is 1. The van der Waals surface area contributed by atoms with Crippen LogP contribution in [-0.4, -0.2) is 54.6 Å². The van der Waals surface area contributed by atoms with Gasteiger partial charge in [-0.25, -0.2) is 23.5 Å². The Morgan fingerprint density at radius 2 is 2.08 bits per heavy atom. The lowest BCUT2D eigenvalue weighted by molar-refractivity contribution is 0.0109. The van der Waals surface area contributed by atoms with E-state index in [9.17, 15) is 10.1 Å². The minimum absolute atomic E-state index is 0.103. The smallest absolute Gasteiger partial charge is 0.418 e. The van der Waals surface area contributed by atoms with Gasteiger partial charge in [-0.15, -0.1) is 0 Å². The molecule has 11 heteroatoms. The molecule has 0 N–H and O–H groups in total. The van der Waals surface area contributed by atoms with Crippen LogP contribution in [0.5, 0.6) is 0 Å². The number of amidine groups is 1. The predicted octanol–water partition coefficient (Wildman–Crippen LogP) is 7.08. The molecule has 0 bridgehead atoms. The van der Waals surface area contributed by atoms with Crippen molar-refractivity contribution in [3.8, 4) is 6.07 Å². The van der Waals surface area contributed by atoms with Gasteiger partial charge in [0.2, 0.25) is 0 Å². The van der Waals surface area contributed by atoms with Crippen molar-refractivity contribution in [2.75, 3.05) is 20.0 Å². The van der Waals surface area contributed by atoms with Crippen LogP contribution in [0.2, 0.25) is 25.7 Å². The van der Waals surface area contributed by atoms with E-state index in [1.807, 2.05) is 0 Å². The van der Waals surface area contributed by atoms with Crippen LogP contribution in [0.1, 0.15) is 39.2 Å². The van der Waals surface area contributed by atoms with Gasteiger partial charge in [-0.3, -0.25) is 0 Å².